The lowest BCUT2D eigenvalue weighted by atomic mass is 9.97. The predicted octanol–water partition coefficient (Wildman–Crippen LogP) is 4.92. The molecule has 1 heterocycles. The number of hydrogen-bond donors (Lipinski definition) is 1. The number of carbonyl (C=O) groups is 2. The van der Waals surface area contributed by atoms with Crippen molar-refractivity contribution >= 4 is 19.9 Å². The van der Waals surface area contributed by atoms with E-state index in [9.17, 15) is 14.7 Å². The van der Waals surface area contributed by atoms with E-state index in [1.54, 1.807) is 13.0 Å². The Kier molecular flexibility index (Phi) is 9.61. The summed E-state index contributed by atoms with van der Waals surface area (Å²) in [4.78, 5) is 23.2. The fourth-order valence-electron chi connectivity index (χ4n) is 3.12. The van der Waals surface area contributed by atoms with Crippen molar-refractivity contribution in [2.24, 2.45) is 0 Å². The van der Waals surface area contributed by atoms with E-state index >= 15 is 0 Å². The summed E-state index contributed by atoms with van der Waals surface area (Å²) in [6.45, 7) is 16.6. The van der Waals surface area contributed by atoms with Crippen LogP contribution < -0.4 is 0 Å². The molecule has 0 aromatic rings. The maximum absolute atomic E-state index is 12.1. The highest BCUT2D eigenvalue weighted by molar-refractivity contribution is 6.74. The minimum Gasteiger partial charge on any atom is -0.414 e. The molecule has 1 aliphatic rings. The summed E-state index contributed by atoms with van der Waals surface area (Å²) in [6, 6.07) is 0. The second-order valence-electron chi connectivity index (χ2n) is 9.95. The van der Waals surface area contributed by atoms with Crippen molar-refractivity contribution in [1.82, 2.24) is 0 Å². The molecule has 0 aliphatic carbocycles. The van der Waals surface area contributed by atoms with Gasteiger partial charge in [0.15, 0.2) is 19.9 Å². The highest BCUT2D eigenvalue weighted by Crippen LogP contribution is 2.40. The molecule has 0 amide bonds. The molecule has 6 heteroatoms. The van der Waals surface area contributed by atoms with Crippen molar-refractivity contribution in [3.63, 3.8) is 0 Å². The van der Waals surface area contributed by atoms with E-state index < -0.39 is 13.9 Å². The molecule has 0 bridgehead atoms. The minimum absolute atomic E-state index is 0.0619. The summed E-state index contributed by atoms with van der Waals surface area (Å²) in [5.41, 5.74) is 0.883. The van der Waals surface area contributed by atoms with Crippen LogP contribution in [0.25, 0.3) is 0 Å². The van der Waals surface area contributed by atoms with Crippen molar-refractivity contribution in [2.45, 2.75) is 90.6 Å². The largest absolute Gasteiger partial charge is 0.414 e. The van der Waals surface area contributed by atoms with Gasteiger partial charge >= 0.3 is 0 Å². The molecule has 1 rings (SSSR count). The molecule has 30 heavy (non-hydrogen) atoms. The fraction of sp³-hybridized carbons (Fsp3) is 0.667. The van der Waals surface area contributed by atoms with Crippen LogP contribution in [0.3, 0.4) is 0 Å². The average molecular weight is 437 g/mol. The fourth-order valence-corrected chi connectivity index (χ4v) is 4.18. The first kappa shape index (κ1) is 26.7. The summed E-state index contributed by atoms with van der Waals surface area (Å²) >= 11 is 0. The normalized spacial score (nSPS) is 24.0. The zero-order valence-corrected chi connectivity index (χ0v) is 21.0. The van der Waals surface area contributed by atoms with Crippen molar-refractivity contribution in [1.29, 1.82) is 0 Å². The molecule has 1 N–H and O–H groups in total. The first-order chi connectivity index (χ1) is 13.7. The van der Waals surface area contributed by atoms with Crippen molar-refractivity contribution in [3.8, 4) is 0 Å². The molecule has 1 aliphatic heterocycles. The molecule has 170 valence electrons. The predicted molar refractivity (Wildman–Crippen MR) is 124 cm³/mol. The van der Waals surface area contributed by atoms with Crippen LogP contribution in [0.5, 0.6) is 0 Å². The second kappa shape index (κ2) is 10.8. The molecule has 0 unspecified atom stereocenters. The number of carbonyl (C=O) groups excluding carboxylic acids is 2. The van der Waals surface area contributed by atoms with Crippen LogP contribution in [0.1, 0.15) is 60.8 Å². The lowest BCUT2D eigenvalue weighted by Crippen LogP contribution is -2.46. The first-order valence-electron chi connectivity index (χ1n) is 10.7. The lowest BCUT2D eigenvalue weighted by molar-refractivity contribution is -0.114. The Labute approximate surface area is 183 Å². The zero-order chi connectivity index (χ0) is 23.2. The monoisotopic (exact) mass is 436 g/mol. The van der Waals surface area contributed by atoms with Crippen LogP contribution in [-0.4, -0.2) is 49.9 Å². The number of aliphatic hydroxyl groups is 1. The minimum atomic E-state index is -1.91. The number of ketones is 2. The van der Waals surface area contributed by atoms with Gasteiger partial charge in [0.2, 0.25) is 0 Å². The van der Waals surface area contributed by atoms with Gasteiger partial charge in [-0.3, -0.25) is 9.59 Å². The molecule has 0 aromatic heterocycles. The number of aliphatic hydroxyl groups excluding tert-OH is 1. The molecular formula is C24H40O5Si. The Hall–Kier alpha value is -1.34. The Morgan fingerprint density at radius 1 is 1.20 bits per heavy atom. The van der Waals surface area contributed by atoms with Gasteiger partial charge in [0.25, 0.3) is 0 Å². The number of allylic oxidation sites excluding steroid dienone is 5. The quantitative estimate of drug-likeness (QED) is 0.299. The summed E-state index contributed by atoms with van der Waals surface area (Å²) in [5.74, 6) is -0.316. The molecule has 0 spiro atoms. The third-order valence-electron chi connectivity index (χ3n) is 6.11. The van der Waals surface area contributed by atoms with Gasteiger partial charge in [-0.05, 0) is 69.5 Å². The lowest BCUT2D eigenvalue weighted by Gasteiger charge is -2.39. The van der Waals surface area contributed by atoms with Crippen molar-refractivity contribution in [2.75, 3.05) is 13.2 Å². The van der Waals surface area contributed by atoms with Gasteiger partial charge in [-0.15, -0.1) is 0 Å². The highest BCUT2D eigenvalue weighted by atomic mass is 28.4. The molecule has 2 atom stereocenters. The van der Waals surface area contributed by atoms with Gasteiger partial charge in [-0.2, -0.15) is 0 Å². The van der Waals surface area contributed by atoms with Gasteiger partial charge in [-0.1, -0.05) is 38.5 Å². The zero-order valence-electron chi connectivity index (χ0n) is 20.0. The second-order valence-corrected chi connectivity index (χ2v) is 14.8. The summed E-state index contributed by atoms with van der Waals surface area (Å²) in [5, 5.41) is 9.71. The van der Waals surface area contributed by atoms with Crippen LogP contribution in [0.4, 0.5) is 0 Å². The van der Waals surface area contributed by atoms with Crippen molar-refractivity contribution < 1.29 is 23.9 Å². The smallest absolute Gasteiger partial charge is 0.192 e. The van der Waals surface area contributed by atoms with Gasteiger partial charge in [0, 0.05) is 13.0 Å². The van der Waals surface area contributed by atoms with Crippen LogP contribution in [0, 0.1) is 0 Å². The van der Waals surface area contributed by atoms with E-state index in [1.165, 1.54) is 19.1 Å². The topological polar surface area (TPSA) is 72.8 Å². The van der Waals surface area contributed by atoms with Crippen LogP contribution >= 0.6 is 0 Å². The summed E-state index contributed by atoms with van der Waals surface area (Å²) < 4.78 is 12.8. The van der Waals surface area contributed by atoms with E-state index in [1.807, 2.05) is 13.0 Å². The Morgan fingerprint density at radius 2 is 1.83 bits per heavy atom. The Balaban J connectivity index is 2.81. The van der Waals surface area contributed by atoms with E-state index in [0.29, 0.717) is 18.6 Å². The number of hydrogen-bond acceptors (Lipinski definition) is 5. The van der Waals surface area contributed by atoms with Crippen LogP contribution in [-0.2, 0) is 18.8 Å². The molecule has 0 aromatic carbocycles. The molecule has 0 saturated carbocycles. The Bertz CT molecular complexity index is 712. The standard InChI is InChI=1S/C24H40O5Si/c1-18(9-10-22(27)19(2)16-20(3)26)15-21-11-12-24(29-21,13-14-25)17-28-30(7,8)23(4,5)6/h9-10,15-16,21,25H,11-14,17H2,1-8H3/b10-9-,18-15-,19-16-/t21-,24-/m1/s1. The van der Waals surface area contributed by atoms with E-state index in [4.69, 9.17) is 9.16 Å². The molecule has 1 saturated heterocycles. The van der Waals surface area contributed by atoms with E-state index in [0.717, 1.165) is 18.4 Å². The van der Waals surface area contributed by atoms with Crippen LogP contribution in [0.2, 0.25) is 18.1 Å². The SMILES string of the molecule is CC(=O)/C=C(/C)C(=O)/C=C\C(C)=C/[C@H]1CC[C@@](CCO)(CO[Si](C)(C)C(C)(C)C)O1. The van der Waals surface area contributed by atoms with E-state index in [2.05, 4.69) is 33.9 Å². The summed E-state index contributed by atoms with van der Waals surface area (Å²) in [6.07, 6.45) is 8.75. The maximum Gasteiger partial charge on any atom is 0.192 e. The van der Waals surface area contributed by atoms with Crippen molar-refractivity contribution in [3.05, 3.63) is 35.5 Å². The van der Waals surface area contributed by atoms with Gasteiger partial charge in [0.1, 0.15) is 0 Å². The van der Waals surface area contributed by atoms with Gasteiger partial charge in [-0.25, -0.2) is 0 Å². The maximum atomic E-state index is 12.1. The molecule has 1 fully saturated rings. The molecule has 5 nitrogen and oxygen atoms in total. The van der Waals surface area contributed by atoms with Gasteiger partial charge in [0.05, 0.1) is 18.3 Å². The third kappa shape index (κ3) is 8.06. The summed E-state index contributed by atoms with van der Waals surface area (Å²) in [7, 11) is -1.91. The third-order valence-corrected chi connectivity index (χ3v) is 10.6. The highest BCUT2D eigenvalue weighted by Gasteiger charge is 2.44. The van der Waals surface area contributed by atoms with Crippen LogP contribution in [0.15, 0.2) is 35.5 Å². The average Bonchev–Trinajstić information content (AvgIpc) is 2.99. The molecule has 0 radical (unpaired) electrons. The van der Waals surface area contributed by atoms with E-state index in [-0.39, 0.29) is 29.3 Å². The molecular weight excluding hydrogens is 396 g/mol. The number of rotatable bonds is 10. The number of ether oxygens (including phenoxy) is 1. The van der Waals surface area contributed by atoms with Gasteiger partial charge < -0.3 is 14.3 Å². The first-order valence-corrected chi connectivity index (χ1v) is 13.6. The Morgan fingerprint density at radius 3 is 2.37 bits per heavy atom.